The summed E-state index contributed by atoms with van der Waals surface area (Å²) >= 11 is 0. The number of aromatic nitrogens is 2. The molecule has 10 heteroatoms. The molecule has 2 unspecified atom stereocenters. The zero-order chi connectivity index (χ0) is 31.3. The van der Waals surface area contributed by atoms with Crippen molar-refractivity contribution in [3.63, 3.8) is 0 Å². The average molecular weight is 584 g/mol. The molecule has 0 radical (unpaired) electrons. The summed E-state index contributed by atoms with van der Waals surface area (Å²) in [5, 5.41) is 12.3. The van der Waals surface area contributed by atoms with Crippen LogP contribution in [0, 0.1) is 13.8 Å². The maximum atomic E-state index is 14.1. The van der Waals surface area contributed by atoms with E-state index in [1.807, 2.05) is 51.1 Å². The number of carbonyl (C=O) groups excluding carboxylic acids is 2. The Labute approximate surface area is 250 Å². The third-order valence-electron chi connectivity index (χ3n) is 7.59. The number of benzene rings is 3. The van der Waals surface area contributed by atoms with Gasteiger partial charge in [0.15, 0.2) is 0 Å². The first-order valence-corrected chi connectivity index (χ1v) is 13.9. The molecule has 10 nitrogen and oxygen atoms in total. The molecule has 0 aliphatic heterocycles. The molecule has 0 aliphatic rings. The molecule has 5 N–H and O–H groups in total. The molecular weight excluding hydrogens is 546 g/mol. The molecule has 43 heavy (non-hydrogen) atoms. The Hall–Kier alpha value is -4.96. The molecule has 4 rings (SSSR count). The van der Waals surface area contributed by atoms with Gasteiger partial charge in [0.25, 0.3) is 5.91 Å². The minimum atomic E-state index is -1.13. The zero-order valence-electron chi connectivity index (χ0n) is 25.0. The Kier molecular flexibility index (Phi) is 9.62. The highest BCUT2D eigenvalue weighted by Crippen LogP contribution is 2.28. The number of nitrogens with zero attached hydrogens (tertiary/aromatic N) is 2. The first-order chi connectivity index (χ1) is 20.5. The van der Waals surface area contributed by atoms with Gasteiger partial charge in [0, 0.05) is 30.9 Å². The van der Waals surface area contributed by atoms with Crippen molar-refractivity contribution >= 4 is 17.8 Å². The van der Waals surface area contributed by atoms with Crippen LogP contribution in [0.4, 0.5) is 0 Å². The molecule has 3 aromatic carbocycles. The number of nitrogens with two attached hydrogens (primary N) is 1. The quantitative estimate of drug-likeness (QED) is 0.204. The second-order valence-corrected chi connectivity index (χ2v) is 10.5. The van der Waals surface area contributed by atoms with Gasteiger partial charge in [0.2, 0.25) is 5.91 Å². The van der Waals surface area contributed by atoms with Crippen LogP contribution in [-0.4, -0.2) is 58.0 Å². The van der Waals surface area contributed by atoms with Crippen molar-refractivity contribution in [1.29, 1.82) is 0 Å². The Morgan fingerprint density at radius 1 is 1.07 bits per heavy atom. The first kappa shape index (κ1) is 31.0. The lowest BCUT2D eigenvalue weighted by Gasteiger charge is -2.31. The number of carbonyl (C=O) groups is 3. The highest BCUT2D eigenvalue weighted by atomic mass is 16.5. The van der Waals surface area contributed by atoms with E-state index in [4.69, 9.17) is 15.5 Å². The lowest BCUT2D eigenvalue weighted by Crippen LogP contribution is -2.46. The molecule has 4 aromatic rings. The van der Waals surface area contributed by atoms with Gasteiger partial charge in [-0.15, -0.1) is 0 Å². The van der Waals surface area contributed by atoms with Crippen LogP contribution in [0.3, 0.4) is 0 Å². The molecule has 0 saturated carbocycles. The minimum Gasteiger partial charge on any atom is -0.496 e. The smallest absolute Gasteiger partial charge is 0.339 e. The number of hydrogen-bond donors (Lipinski definition) is 4. The van der Waals surface area contributed by atoms with E-state index in [1.165, 1.54) is 13.2 Å². The molecule has 0 spiro atoms. The van der Waals surface area contributed by atoms with Crippen molar-refractivity contribution in [2.24, 2.45) is 5.73 Å². The summed E-state index contributed by atoms with van der Waals surface area (Å²) in [5.41, 5.74) is 12.0. The number of H-pyrrole nitrogens is 1. The van der Waals surface area contributed by atoms with Gasteiger partial charge in [-0.1, -0.05) is 36.4 Å². The molecule has 0 bridgehead atoms. The van der Waals surface area contributed by atoms with Gasteiger partial charge in [-0.3, -0.25) is 9.59 Å². The molecule has 224 valence electrons. The fraction of sp³-hybridized carbons (Fsp3) is 0.273. The van der Waals surface area contributed by atoms with E-state index in [-0.39, 0.29) is 36.1 Å². The maximum absolute atomic E-state index is 14.1. The number of rotatable bonds is 11. The average Bonchev–Trinajstić information content (AvgIpc) is 3.51. The van der Waals surface area contributed by atoms with Gasteiger partial charge in [-0.25, -0.2) is 9.78 Å². The molecular formula is C33H37N5O5. The van der Waals surface area contributed by atoms with Crippen molar-refractivity contribution in [3.05, 3.63) is 106 Å². The van der Waals surface area contributed by atoms with Crippen LogP contribution in [0.15, 0.2) is 66.9 Å². The molecule has 1 aromatic heterocycles. The van der Waals surface area contributed by atoms with Crippen LogP contribution in [0.5, 0.6) is 5.75 Å². The van der Waals surface area contributed by atoms with E-state index in [0.717, 1.165) is 27.9 Å². The van der Waals surface area contributed by atoms with E-state index < -0.39 is 18.1 Å². The van der Waals surface area contributed by atoms with Crippen LogP contribution >= 0.6 is 0 Å². The number of carboxylic acids is 1. The van der Waals surface area contributed by atoms with E-state index in [1.54, 1.807) is 42.4 Å². The topological polar surface area (TPSA) is 151 Å². The SMILES string of the molecule is CNC(=O)c1cc(C)c(CC(N)C(=O)N(Cc2ccc(OC)c(C(=O)O)c2)C(C)c2nc(-c3ccccc3)c[nH]2)c(C)c1. The number of aromatic carboxylic acids is 1. The van der Waals surface area contributed by atoms with Crippen molar-refractivity contribution in [1.82, 2.24) is 20.2 Å². The fourth-order valence-electron chi connectivity index (χ4n) is 5.19. The maximum Gasteiger partial charge on any atom is 0.339 e. The molecule has 0 aliphatic carbocycles. The summed E-state index contributed by atoms with van der Waals surface area (Å²) in [7, 11) is 2.99. The Balaban J connectivity index is 1.67. The van der Waals surface area contributed by atoms with Gasteiger partial charge in [0.1, 0.15) is 17.1 Å². The van der Waals surface area contributed by atoms with E-state index >= 15 is 0 Å². The monoisotopic (exact) mass is 583 g/mol. The summed E-state index contributed by atoms with van der Waals surface area (Å²) in [6, 6.07) is 16.6. The van der Waals surface area contributed by atoms with Gasteiger partial charge in [0.05, 0.1) is 24.9 Å². The first-order valence-electron chi connectivity index (χ1n) is 13.9. The number of aromatic amines is 1. The summed E-state index contributed by atoms with van der Waals surface area (Å²) in [6.07, 6.45) is 2.05. The lowest BCUT2D eigenvalue weighted by atomic mass is 9.93. The number of carboxylic acid groups (broad SMARTS) is 1. The highest BCUT2D eigenvalue weighted by Gasteiger charge is 2.29. The number of ether oxygens (including phenoxy) is 1. The van der Waals surface area contributed by atoms with E-state index in [2.05, 4.69) is 10.3 Å². The van der Waals surface area contributed by atoms with Gasteiger partial charge < -0.3 is 30.8 Å². The third kappa shape index (κ3) is 6.92. The summed E-state index contributed by atoms with van der Waals surface area (Å²) in [6.45, 7) is 5.73. The number of hydrogen-bond acceptors (Lipinski definition) is 6. The standard InChI is InChI=1S/C33H37N5O5/c1-19-13-24(31(39)35-4)14-20(2)25(19)16-27(34)32(40)38(18-22-11-12-29(43-5)26(15-22)33(41)42)21(3)30-36-17-28(37-30)23-9-7-6-8-10-23/h6-15,17,21,27H,16,18,34H2,1-5H3,(H,35,39)(H,36,37)(H,41,42). The largest absolute Gasteiger partial charge is 0.496 e. The predicted molar refractivity (Wildman–Crippen MR) is 164 cm³/mol. The highest BCUT2D eigenvalue weighted by molar-refractivity contribution is 5.94. The molecule has 0 fully saturated rings. The Bertz CT molecular complexity index is 1610. The molecule has 1 heterocycles. The van der Waals surface area contributed by atoms with E-state index in [9.17, 15) is 19.5 Å². The van der Waals surface area contributed by atoms with Crippen LogP contribution in [0.2, 0.25) is 0 Å². The number of aryl methyl sites for hydroxylation is 2. The minimum absolute atomic E-state index is 0.00355. The molecule has 0 saturated heterocycles. The van der Waals surface area contributed by atoms with Crippen molar-refractivity contribution in [2.75, 3.05) is 14.2 Å². The second-order valence-electron chi connectivity index (χ2n) is 10.5. The van der Waals surface area contributed by atoms with Crippen LogP contribution in [-0.2, 0) is 17.8 Å². The summed E-state index contributed by atoms with van der Waals surface area (Å²) in [4.78, 5) is 47.7. The molecule has 2 amide bonds. The zero-order valence-corrected chi connectivity index (χ0v) is 25.0. The Morgan fingerprint density at radius 2 is 1.74 bits per heavy atom. The van der Waals surface area contributed by atoms with Gasteiger partial charge in [-0.05, 0) is 73.7 Å². The second kappa shape index (κ2) is 13.3. The number of methoxy groups -OCH3 is 1. The Morgan fingerprint density at radius 3 is 2.35 bits per heavy atom. The fourth-order valence-corrected chi connectivity index (χ4v) is 5.19. The number of amides is 2. The normalized spacial score (nSPS) is 12.3. The van der Waals surface area contributed by atoms with Crippen LogP contribution in [0.1, 0.15) is 61.8 Å². The van der Waals surface area contributed by atoms with E-state index in [0.29, 0.717) is 17.0 Å². The number of nitrogens with one attached hydrogen (secondary N) is 2. The van der Waals surface area contributed by atoms with Crippen molar-refractivity contribution < 1.29 is 24.2 Å². The molecule has 2 atom stereocenters. The van der Waals surface area contributed by atoms with Crippen LogP contribution < -0.4 is 15.8 Å². The lowest BCUT2D eigenvalue weighted by molar-refractivity contribution is -0.135. The van der Waals surface area contributed by atoms with Gasteiger partial charge >= 0.3 is 5.97 Å². The number of imidazole rings is 1. The third-order valence-corrected chi connectivity index (χ3v) is 7.59. The van der Waals surface area contributed by atoms with Gasteiger partial charge in [-0.2, -0.15) is 0 Å². The summed E-state index contributed by atoms with van der Waals surface area (Å²) < 4.78 is 5.21. The van der Waals surface area contributed by atoms with Crippen molar-refractivity contribution in [2.45, 2.75) is 45.8 Å². The van der Waals surface area contributed by atoms with Crippen molar-refractivity contribution in [3.8, 4) is 17.0 Å². The summed E-state index contributed by atoms with van der Waals surface area (Å²) in [5.74, 6) is -0.859. The predicted octanol–water partition coefficient (Wildman–Crippen LogP) is 4.42. The van der Waals surface area contributed by atoms with Crippen LogP contribution in [0.25, 0.3) is 11.3 Å².